The second-order valence-corrected chi connectivity index (χ2v) is 8.07. The summed E-state index contributed by atoms with van der Waals surface area (Å²) in [4.78, 5) is 40.7. The van der Waals surface area contributed by atoms with Crippen molar-refractivity contribution < 1.29 is 28.6 Å². The fourth-order valence-electron chi connectivity index (χ4n) is 2.84. The molecule has 0 saturated carbocycles. The van der Waals surface area contributed by atoms with Crippen molar-refractivity contribution in [1.29, 1.82) is 0 Å². The Morgan fingerprint density at radius 2 is 1.62 bits per heavy atom. The van der Waals surface area contributed by atoms with Crippen LogP contribution in [0, 0.1) is 0 Å². The topological polar surface area (TPSA) is 94.7 Å². The van der Waals surface area contributed by atoms with Gasteiger partial charge in [-0.3, -0.25) is 4.79 Å². The Bertz CT molecular complexity index is 1080. The van der Waals surface area contributed by atoms with Crippen LogP contribution in [0.1, 0.15) is 57.4 Å². The lowest BCUT2D eigenvalue weighted by molar-refractivity contribution is 0.00645. The number of hydrogen-bond acceptors (Lipinski definition) is 6. The van der Waals surface area contributed by atoms with Gasteiger partial charge in [-0.25, -0.2) is 9.59 Å². The van der Waals surface area contributed by atoms with Crippen molar-refractivity contribution in [2.75, 3.05) is 6.61 Å². The number of nitrogens with one attached hydrogen (secondary N) is 1. The van der Waals surface area contributed by atoms with Crippen LogP contribution in [-0.2, 0) is 16.1 Å². The summed E-state index contributed by atoms with van der Waals surface area (Å²) in [6.45, 7) is 4.95. The van der Waals surface area contributed by atoms with Gasteiger partial charge in [-0.05, 0) is 50.6 Å². The summed E-state index contributed by atoms with van der Waals surface area (Å²) in [6, 6.07) is 16.8. The van der Waals surface area contributed by atoms with Crippen molar-refractivity contribution in [3.63, 3.8) is 0 Å². The van der Waals surface area contributed by atoms with Crippen LogP contribution in [0.25, 0.3) is 0 Å². The van der Waals surface area contributed by atoms with E-state index in [9.17, 15) is 14.4 Å². The van der Waals surface area contributed by atoms with E-state index in [0.717, 1.165) is 0 Å². The lowest BCUT2D eigenvalue weighted by Gasteiger charge is -2.20. The molecule has 0 aliphatic rings. The molecule has 0 atom stereocenters. The predicted molar refractivity (Wildman–Crippen MR) is 118 cm³/mol. The van der Waals surface area contributed by atoms with Crippen molar-refractivity contribution in [3.8, 4) is 5.88 Å². The monoisotopic (exact) mass is 435 g/mol. The third-order valence-corrected chi connectivity index (χ3v) is 4.32. The highest BCUT2D eigenvalue weighted by molar-refractivity contribution is 6.05. The van der Waals surface area contributed by atoms with Gasteiger partial charge in [-0.15, -0.1) is 0 Å². The molecule has 0 aliphatic carbocycles. The minimum Gasteiger partial charge on any atom is -0.474 e. The van der Waals surface area contributed by atoms with Crippen LogP contribution < -0.4 is 4.74 Å². The molecule has 7 nitrogen and oxygen atoms in total. The molecule has 0 unspecified atom stereocenters. The Morgan fingerprint density at radius 1 is 0.875 bits per heavy atom. The Morgan fingerprint density at radius 3 is 2.28 bits per heavy atom. The van der Waals surface area contributed by atoms with Crippen LogP contribution in [0.3, 0.4) is 0 Å². The van der Waals surface area contributed by atoms with E-state index in [1.54, 1.807) is 75.5 Å². The van der Waals surface area contributed by atoms with Crippen LogP contribution >= 0.6 is 0 Å². The number of hydrogen-bond donors (Lipinski definition) is 1. The zero-order chi connectivity index (χ0) is 23.1. The molecule has 3 rings (SSSR count). The molecule has 32 heavy (non-hydrogen) atoms. The standard InChI is InChI=1S/C25H25NO6/c1-25(2,3)32-24(29)20-14-17(15-30-22-10-7-13-26-22)11-12-19(20)23(28)31-16-21(27)18-8-5-4-6-9-18/h4-14,26H,15-16H2,1-3H3. The first-order valence-electron chi connectivity index (χ1n) is 10.1. The quantitative estimate of drug-likeness (QED) is 0.411. The first kappa shape index (κ1) is 22.8. The second-order valence-electron chi connectivity index (χ2n) is 8.07. The van der Waals surface area contributed by atoms with Gasteiger partial charge in [0.25, 0.3) is 0 Å². The van der Waals surface area contributed by atoms with Crippen LogP contribution in [0.2, 0.25) is 0 Å². The number of aromatic amines is 1. The lowest BCUT2D eigenvalue weighted by atomic mass is 10.0. The molecule has 0 spiro atoms. The minimum atomic E-state index is -0.785. The fourth-order valence-corrected chi connectivity index (χ4v) is 2.84. The van der Waals surface area contributed by atoms with Crippen molar-refractivity contribution in [2.24, 2.45) is 0 Å². The highest BCUT2D eigenvalue weighted by atomic mass is 16.6. The normalized spacial score (nSPS) is 11.0. The van der Waals surface area contributed by atoms with Gasteiger partial charge in [0.2, 0.25) is 0 Å². The summed E-state index contributed by atoms with van der Waals surface area (Å²) in [5.74, 6) is -1.21. The van der Waals surface area contributed by atoms with Gasteiger partial charge in [0, 0.05) is 11.8 Å². The number of carbonyl (C=O) groups is 3. The van der Waals surface area contributed by atoms with Gasteiger partial charge >= 0.3 is 11.9 Å². The average molecular weight is 435 g/mol. The summed E-state index contributed by atoms with van der Waals surface area (Å²) < 4.78 is 16.3. The molecule has 7 heteroatoms. The molecular formula is C25H25NO6. The molecule has 0 amide bonds. The van der Waals surface area contributed by atoms with Gasteiger partial charge in [0.1, 0.15) is 12.2 Å². The summed E-state index contributed by atoms with van der Waals surface area (Å²) in [6.07, 6.45) is 1.73. The van der Waals surface area contributed by atoms with Gasteiger partial charge in [0.05, 0.1) is 11.1 Å². The molecule has 1 aromatic heterocycles. The number of ketones is 1. The largest absolute Gasteiger partial charge is 0.474 e. The van der Waals surface area contributed by atoms with Gasteiger partial charge < -0.3 is 19.2 Å². The smallest absolute Gasteiger partial charge is 0.339 e. The number of Topliss-reactive ketones (excluding diaryl/α,β-unsaturated/α-hetero) is 1. The van der Waals surface area contributed by atoms with E-state index in [2.05, 4.69) is 4.98 Å². The zero-order valence-electron chi connectivity index (χ0n) is 18.2. The van der Waals surface area contributed by atoms with E-state index >= 15 is 0 Å². The lowest BCUT2D eigenvalue weighted by Crippen LogP contribution is -2.26. The Balaban J connectivity index is 1.78. The van der Waals surface area contributed by atoms with E-state index in [1.807, 2.05) is 0 Å². The highest BCUT2D eigenvalue weighted by Gasteiger charge is 2.25. The Labute approximate surface area is 186 Å². The van der Waals surface area contributed by atoms with Crippen molar-refractivity contribution in [2.45, 2.75) is 33.0 Å². The van der Waals surface area contributed by atoms with Crippen LogP contribution in [0.15, 0.2) is 66.9 Å². The first-order chi connectivity index (χ1) is 15.2. The number of aromatic nitrogens is 1. The van der Waals surface area contributed by atoms with E-state index in [0.29, 0.717) is 17.0 Å². The highest BCUT2D eigenvalue weighted by Crippen LogP contribution is 2.20. The van der Waals surface area contributed by atoms with E-state index in [-0.39, 0.29) is 23.5 Å². The number of H-pyrrole nitrogens is 1. The van der Waals surface area contributed by atoms with Crippen molar-refractivity contribution in [1.82, 2.24) is 4.98 Å². The molecule has 0 aliphatic heterocycles. The van der Waals surface area contributed by atoms with Gasteiger partial charge in [-0.1, -0.05) is 36.4 Å². The third kappa shape index (κ3) is 6.31. The van der Waals surface area contributed by atoms with Gasteiger partial charge in [-0.2, -0.15) is 0 Å². The second kappa shape index (κ2) is 9.96. The third-order valence-electron chi connectivity index (χ3n) is 4.32. The SMILES string of the molecule is CC(C)(C)OC(=O)c1cc(COc2ccc[nH]2)ccc1C(=O)OCC(=O)c1ccccc1. The van der Waals surface area contributed by atoms with Crippen LogP contribution in [-0.4, -0.2) is 34.9 Å². The summed E-state index contributed by atoms with van der Waals surface area (Å²) in [5.41, 5.74) is 0.411. The summed E-state index contributed by atoms with van der Waals surface area (Å²) >= 11 is 0. The summed E-state index contributed by atoms with van der Waals surface area (Å²) in [5, 5.41) is 0. The van der Waals surface area contributed by atoms with Gasteiger partial charge in [0.15, 0.2) is 18.3 Å². The molecule has 2 aromatic carbocycles. The Hall–Kier alpha value is -3.87. The molecule has 1 N–H and O–H groups in total. The molecule has 0 radical (unpaired) electrons. The number of benzene rings is 2. The van der Waals surface area contributed by atoms with E-state index in [1.165, 1.54) is 12.1 Å². The summed E-state index contributed by atoms with van der Waals surface area (Å²) in [7, 11) is 0. The van der Waals surface area contributed by atoms with Crippen molar-refractivity contribution >= 4 is 17.7 Å². The maximum Gasteiger partial charge on any atom is 0.339 e. The maximum atomic E-state index is 12.8. The predicted octanol–water partition coefficient (Wildman–Crippen LogP) is 4.59. The molecule has 166 valence electrons. The van der Waals surface area contributed by atoms with E-state index in [4.69, 9.17) is 14.2 Å². The molecule has 3 aromatic rings. The molecule has 0 bridgehead atoms. The zero-order valence-corrected chi connectivity index (χ0v) is 18.2. The van der Waals surface area contributed by atoms with E-state index < -0.39 is 24.1 Å². The molecular weight excluding hydrogens is 410 g/mol. The van der Waals surface area contributed by atoms with Crippen molar-refractivity contribution in [3.05, 3.63) is 89.1 Å². The number of carbonyl (C=O) groups excluding carboxylic acids is 3. The number of esters is 2. The first-order valence-corrected chi connectivity index (χ1v) is 10.1. The number of rotatable bonds is 8. The number of ether oxygens (including phenoxy) is 3. The van der Waals surface area contributed by atoms with Crippen LogP contribution in [0.4, 0.5) is 0 Å². The fraction of sp³-hybridized carbons (Fsp3) is 0.240. The minimum absolute atomic E-state index is 0.0173. The maximum absolute atomic E-state index is 12.8. The average Bonchev–Trinajstić information content (AvgIpc) is 3.29. The van der Waals surface area contributed by atoms with Crippen LogP contribution in [0.5, 0.6) is 5.88 Å². The Kier molecular flexibility index (Phi) is 7.10. The molecule has 1 heterocycles. The molecule has 0 fully saturated rings. The molecule has 0 saturated heterocycles.